The molecule has 0 amide bonds. The monoisotopic (exact) mass is 224 g/mol. The van der Waals surface area contributed by atoms with Gasteiger partial charge in [0.15, 0.2) is 0 Å². The number of nitrogens with zero attached hydrogens (tertiary/aromatic N) is 1. The van der Waals surface area contributed by atoms with Gasteiger partial charge in [0.25, 0.3) is 0 Å². The normalized spacial score (nSPS) is 34.7. The zero-order chi connectivity index (χ0) is 11.6. The Bertz CT molecular complexity index is 207. The molecule has 0 atom stereocenters. The molecule has 1 aliphatic heterocycles. The van der Waals surface area contributed by atoms with Crippen molar-refractivity contribution in [3.63, 3.8) is 0 Å². The Labute approximate surface area is 101 Å². The van der Waals surface area contributed by atoms with Crippen molar-refractivity contribution in [3.05, 3.63) is 0 Å². The van der Waals surface area contributed by atoms with Crippen LogP contribution < -0.4 is 5.32 Å². The van der Waals surface area contributed by atoms with Crippen molar-refractivity contribution in [2.45, 2.75) is 64.5 Å². The van der Waals surface area contributed by atoms with Gasteiger partial charge in [-0.1, -0.05) is 13.8 Å². The summed E-state index contributed by atoms with van der Waals surface area (Å²) in [6, 6.07) is 1.69. The molecule has 0 bridgehead atoms. The first-order valence-corrected chi connectivity index (χ1v) is 7.14. The Balaban J connectivity index is 1.76. The second kappa shape index (κ2) is 5.05. The molecule has 0 aromatic rings. The van der Waals surface area contributed by atoms with Crippen LogP contribution in [0.2, 0.25) is 0 Å². The molecule has 2 nitrogen and oxygen atoms in total. The summed E-state index contributed by atoms with van der Waals surface area (Å²) >= 11 is 0. The van der Waals surface area contributed by atoms with Gasteiger partial charge in [0, 0.05) is 25.2 Å². The van der Waals surface area contributed by atoms with Crippen LogP contribution in [0.5, 0.6) is 0 Å². The van der Waals surface area contributed by atoms with Gasteiger partial charge in [-0.05, 0) is 51.0 Å². The van der Waals surface area contributed by atoms with Crippen LogP contribution in [0.25, 0.3) is 0 Å². The molecular weight excluding hydrogens is 196 g/mol. The fraction of sp³-hybridized carbons (Fsp3) is 1.00. The molecule has 16 heavy (non-hydrogen) atoms. The van der Waals surface area contributed by atoms with Crippen LogP contribution in [0.3, 0.4) is 0 Å². The summed E-state index contributed by atoms with van der Waals surface area (Å²) in [6.07, 6.45) is 8.31. The first-order chi connectivity index (χ1) is 7.73. The van der Waals surface area contributed by atoms with Crippen LogP contribution in [-0.4, -0.2) is 37.1 Å². The Hall–Kier alpha value is -0.0800. The molecular formula is C14H28N2. The van der Waals surface area contributed by atoms with Crippen molar-refractivity contribution < 1.29 is 0 Å². The number of hydrogen-bond donors (Lipinski definition) is 1. The van der Waals surface area contributed by atoms with Crippen LogP contribution in [0, 0.1) is 5.41 Å². The highest BCUT2D eigenvalue weighted by atomic mass is 15.2. The lowest BCUT2D eigenvalue weighted by Gasteiger charge is -2.54. The SMILES string of the molecule is CCC1(CC)CN(C2CCC(NC)CC2)C1. The lowest BCUT2D eigenvalue weighted by molar-refractivity contribution is -0.0477. The van der Waals surface area contributed by atoms with Crippen molar-refractivity contribution in [2.24, 2.45) is 5.41 Å². The summed E-state index contributed by atoms with van der Waals surface area (Å²) in [5.74, 6) is 0. The van der Waals surface area contributed by atoms with Gasteiger partial charge in [-0.25, -0.2) is 0 Å². The minimum atomic E-state index is 0.680. The van der Waals surface area contributed by atoms with E-state index in [-0.39, 0.29) is 0 Å². The molecule has 94 valence electrons. The second-order valence-corrected chi connectivity index (χ2v) is 5.91. The zero-order valence-corrected chi connectivity index (χ0v) is 11.3. The first kappa shape index (κ1) is 12.4. The summed E-state index contributed by atoms with van der Waals surface area (Å²) in [5, 5.41) is 3.42. The van der Waals surface area contributed by atoms with E-state index >= 15 is 0 Å². The maximum Gasteiger partial charge on any atom is 0.00968 e. The predicted molar refractivity (Wildman–Crippen MR) is 69.7 cm³/mol. The van der Waals surface area contributed by atoms with E-state index in [1.165, 1.54) is 51.6 Å². The van der Waals surface area contributed by atoms with E-state index < -0.39 is 0 Å². The molecule has 1 N–H and O–H groups in total. The molecule has 2 aliphatic rings. The van der Waals surface area contributed by atoms with E-state index in [0.717, 1.165) is 12.1 Å². The lowest BCUT2D eigenvalue weighted by Crippen LogP contribution is -2.60. The number of nitrogens with one attached hydrogen (secondary N) is 1. The number of likely N-dealkylation sites (tertiary alicyclic amines) is 1. The maximum absolute atomic E-state index is 3.42. The molecule has 0 radical (unpaired) electrons. The minimum Gasteiger partial charge on any atom is -0.317 e. The molecule has 2 rings (SSSR count). The summed E-state index contributed by atoms with van der Waals surface area (Å²) in [6.45, 7) is 7.46. The molecule has 0 aromatic carbocycles. The fourth-order valence-corrected chi connectivity index (χ4v) is 3.50. The quantitative estimate of drug-likeness (QED) is 0.790. The van der Waals surface area contributed by atoms with Gasteiger partial charge in [-0.15, -0.1) is 0 Å². The van der Waals surface area contributed by atoms with Crippen molar-refractivity contribution in [3.8, 4) is 0 Å². The van der Waals surface area contributed by atoms with E-state index in [9.17, 15) is 0 Å². The molecule has 2 fully saturated rings. The average Bonchev–Trinajstić information content (AvgIpc) is 2.30. The Kier molecular flexibility index (Phi) is 3.91. The smallest absolute Gasteiger partial charge is 0.00968 e. The van der Waals surface area contributed by atoms with Gasteiger partial charge in [0.05, 0.1) is 0 Å². The zero-order valence-electron chi connectivity index (χ0n) is 11.3. The maximum atomic E-state index is 3.42. The van der Waals surface area contributed by atoms with Gasteiger partial charge in [0.2, 0.25) is 0 Å². The summed E-state index contributed by atoms with van der Waals surface area (Å²) in [7, 11) is 2.10. The highest BCUT2D eigenvalue weighted by Gasteiger charge is 2.43. The van der Waals surface area contributed by atoms with Gasteiger partial charge >= 0.3 is 0 Å². The summed E-state index contributed by atoms with van der Waals surface area (Å²) in [4.78, 5) is 2.75. The van der Waals surface area contributed by atoms with Crippen LogP contribution >= 0.6 is 0 Å². The van der Waals surface area contributed by atoms with E-state index in [4.69, 9.17) is 0 Å². The molecule has 0 aromatic heterocycles. The van der Waals surface area contributed by atoms with Crippen molar-refractivity contribution >= 4 is 0 Å². The molecule has 1 saturated carbocycles. The molecule has 1 heterocycles. The minimum absolute atomic E-state index is 0.680. The average molecular weight is 224 g/mol. The van der Waals surface area contributed by atoms with E-state index in [1.807, 2.05) is 0 Å². The summed E-state index contributed by atoms with van der Waals surface area (Å²) < 4.78 is 0. The highest BCUT2D eigenvalue weighted by molar-refractivity contribution is 4.97. The van der Waals surface area contributed by atoms with Crippen molar-refractivity contribution in [1.82, 2.24) is 10.2 Å². The number of rotatable bonds is 4. The fourth-order valence-electron chi connectivity index (χ4n) is 3.50. The van der Waals surface area contributed by atoms with Gasteiger partial charge < -0.3 is 5.32 Å². The molecule has 1 aliphatic carbocycles. The van der Waals surface area contributed by atoms with Crippen LogP contribution in [0.15, 0.2) is 0 Å². The van der Waals surface area contributed by atoms with Gasteiger partial charge in [-0.2, -0.15) is 0 Å². The standard InChI is InChI=1S/C14H28N2/c1-4-14(5-2)10-16(11-14)13-8-6-12(15-3)7-9-13/h12-13,15H,4-11H2,1-3H3. The third kappa shape index (κ3) is 2.28. The van der Waals surface area contributed by atoms with Crippen molar-refractivity contribution in [1.29, 1.82) is 0 Å². The van der Waals surface area contributed by atoms with E-state index in [1.54, 1.807) is 0 Å². The Morgan fingerprint density at radius 1 is 1.06 bits per heavy atom. The first-order valence-electron chi connectivity index (χ1n) is 7.14. The molecule has 1 saturated heterocycles. The van der Waals surface area contributed by atoms with Crippen LogP contribution in [-0.2, 0) is 0 Å². The topological polar surface area (TPSA) is 15.3 Å². The third-order valence-corrected chi connectivity index (χ3v) is 5.20. The summed E-state index contributed by atoms with van der Waals surface area (Å²) in [5.41, 5.74) is 0.680. The predicted octanol–water partition coefficient (Wildman–Crippen LogP) is 2.64. The van der Waals surface area contributed by atoms with Crippen molar-refractivity contribution in [2.75, 3.05) is 20.1 Å². The molecule has 2 heteroatoms. The largest absolute Gasteiger partial charge is 0.317 e. The Morgan fingerprint density at radius 2 is 1.62 bits per heavy atom. The van der Waals surface area contributed by atoms with Crippen LogP contribution in [0.4, 0.5) is 0 Å². The number of hydrogen-bond acceptors (Lipinski definition) is 2. The van der Waals surface area contributed by atoms with E-state index in [0.29, 0.717) is 5.41 Å². The van der Waals surface area contributed by atoms with Gasteiger partial charge in [0.1, 0.15) is 0 Å². The van der Waals surface area contributed by atoms with Gasteiger partial charge in [-0.3, -0.25) is 4.90 Å². The highest BCUT2D eigenvalue weighted by Crippen LogP contribution is 2.40. The molecule has 0 unspecified atom stereocenters. The lowest BCUT2D eigenvalue weighted by atomic mass is 9.73. The Morgan fingerprint density at radius 3 is 2.06 bits per heavy atom. The van der Waals surface area contributed by atoms with Crippen LogP contribution in [0.1, 0.15) is 52.4 Å². The molecule has 0 spiro atoms. The third-order valence-electron chi connectivity index (χ3n) is 5.20. The second-order valence-electron chi connectivity index (χ2n) is 5.91. The van der Waals surface area contributed by atoms with E-state index in [2.05, 4.69) is 31.1 Å².